The van der Waals surface area contributed by atoms with Crippen molar-refractivity contribution in [3.05, 3.63) is 17.8 Å². The summed E-state index contributed by atoms with van der Waals surface area (Å²) >= 11 is 0. The molecule has 1 saturated heterocycles. The van der Waals surface area contributed by atoms with Crippen molar-refractivity contribution in [1.82, 2.24) is 19.9 Å². The number of anilines is 2. The topological polar surface area (TPSA) is 107 Å². The van der Waals surface area contributed by atoms with Gasteiger partial charge in [-0.1, -0.05) is 33.1 Å². The van der Waals surface area contributed by atoms with Gasteiger partial charge in [0.25, 0.3) is 0 Å². The molecule has 0 spiro atoms. The van der Waals surface area contributed by atoms with Crippen LogP contribution in [0, 0.1) is 5.92 Å². The number of β-amino-alcohol motifs (C(OH)–C–C–N with tert-alkyl or cyclic N) is 1. The SMILES string of the molecule is CC(C)c1cnn2c(NCC3CCCCC3)cc(NCC[C@]3(O)CCNC[C@H]3O)nc12. The van der Waals surface area contributed by atoms with Gasteiger partial charge in [-0.3, -0.25) is 0 Å². The molecular formula is C23H38N6O2. The zero-order chi connectivity index (χ0) is 21.8. The number of aliphatic hydroxyl groups excluding tert-OH is 1. The molecule has 8 heteroatoms. The molecule has 8 nitrogen and oxygen atoms in total. The molecule has 172 valence electrons. The number of nitrogens with one attached hydrogen (secondary N) is 3. The van der Waals surface area contributed by atoms with Crippen LogP contribution in [0.1, 0.15) is 70.3 Å². The molecule has 2 atom stereocenters. The lowest BCUT2D eigenvalue weighted by atomic mass is 9.86. The number of aromatic nitrogens is 3. The van der Waals surface area contributed by atoms with E-state index in [0.29, 0.717) is 37.8 Å². The van der Waals surface area contributed by atoms with Crippen molar-refractivity contribution in [2.24, 2.45) is 5.92 Å². The van der Waals surface area contributed by atoms with E-state index in [4.69, 9.17) is 4.98 Å². The van der Waals surface area contributed by atoms with Gasteiger partial charge in [0, 0.05) is 31.3 Å². The molecule has 0 aromatic carbocycles. The van der Waals surface area contributed by atoms with Crippen LogP contribution >= 0.6 is 0 Å². The molecule has 0 bridgehead atoms. The van der Waals surface area contributed by atoms with E-state index in [1.54, 1.807) is 0 Å². The summed E-state index contributed by atoms with van der Waals surface area (Å²) in [6.45, 7) is 6.96. The molecule has 5 N–H and O–H groups in total. The molecule has 2 aromatic rings. The van der Waals surface area contributed by atoms with Gasteiger partial charge in [0.15, 0.2) is 5.65 Å². The van der Waals surface area contributed by atoms with Crippen LogP contribution in [0.5, 0.6) is 0 Å². The second kappa shape index (κ2) is 9.71. The lowest BCUT2D eigenvalue weighted by Crippen LogP contribution is -2.54. The van der Waals surface area contributed by atoms with E-state index in [1.807, 2.05) is 16.8 Å². The van der Waals surface area contributed by atoms with Crippen LogP contribution in [0.4, 0.5) is 11.6 Å². The summed E-state index contributed by atoms with van der Waals surface area (Å²) in [5.41, 5.74) is 0.938. The third kappa shape index (κ3) is 5.13. The molecule has 1 aliphatic carbocycles. The lowest BCUT2D eigenvalue weighted by Gasteiger charge is -2.37. The van der Waals surface area contributed by atoms with Gasteiger partial charge in [-0.2, -0.15) is 9.61 Å². The normalized spacial score (nSPS) is 25.3. The summed E-state index contributed by atoms with van der Waals surface area (Å²) in [7, 11) is 0. The van der Waals surface area contributed by atoms with Crippen molar-refractivity contribution >= 4 is 17.3 Å². The predicted molar refractivity (Wildman–Crippen MR) is 124 cm³/mol. The van der Waals surface area contributed by atoms with Gasteiger partial charge in [0.1, 0.15) is 11.6 Å². The third-order valence-corrected chi connectivity index (χ3v) is 6.97. The Morgan fingerprint density at radius 1 is 1.26 bits per heavy atom. The molecule has 0 radical (unpaired) electrons. The molecule has 1 aliphatic heterocycles. The maximum atomic E-state index is 10.8. The summed E-state index contributed by atoms with van der Waals surface area (Å²) in [6, 6.07) is 2.01. The number of piperidine rings is 1. The van der Waals surface area contributed by atoms with Gasteiger partial charge >= 0.3 is 0 Å². The fourth-order valence-electron chi connectivity index (χ4n) is 4.84. The van der Waals surface area contributed by atoms with E-state index in [1.165, 1.54) is 32.1 Å². The Kier molecular flexibility index (Phi) is 6.99. The number of nitrogens with zero attached hydrogens (tertiary/aromatic N) is 3. The number of fused-ring (bicyclic) bond motifs is 1. The van der Waals surface area contributed by atoms with Crippen molar-refractivity contribution in [3.8, 4) is 0 Å². The van der Waals surface area contributed by atoms with E-state index in [2.05, 4.69) is 34.9 Å². The monoisotopic (exact) mass is 430 g/mol. The average Bonchev–Trinajstić information content (AvgIpc) is 3.19. The van der Waals surface area contributed by atoms with Gasteiger partial charge in [-0.05, 0) is 44.1 Å². The number of hydrogen-bond donors (Lipinski definition) is 5. The number of aliphatic hydroxyl groups is 2. The molecule has 0 amide bonds. The summed E-state index contributed by atoms with van der Waals surface area (Å²) in [5, 5.41) is 35.7. The Morgan fingerprint density at radius 2 is 2.06 bits per heavy atom. The van der Waals surface area contributed by atoms with Crippen molar-refractivity contribution in [1.29, 1.82) is 0 Å². The second-order valence-electron chi connectivity index (χ2n) is 9.65. The fraction of sp³-hybridized carbons (Fsp3) is 0.739. The Bertz CT molecular complexity index is 863. The highest BCUT2D eigenvalue weighted by atomic mass is 16.3. The third-order valence-electron chi connectivity index (χ3n) is 6.97. The fourth-order valence-corrected chi connectivity index (χ4v) is 4.84. The summed E-state index contributed by atoms with van der Waals surface area (Å²) in [6.07, 6.45) is 8.79. The van der Waals surface area contributed by atoms with Crippen molar-refractivity contribution in [3.63, 3.8) is 0 Å². The molecule has 1 saturated carbocycles. The first-order valence-electron chi connectivity index (χ1n) is 11.9. The molecule has 4 rings (SSSR count). The zero-order valence-electron chi connectivity index (χ0n) is 18.9. The van der Waals surface area contributed by atoms with Crippen LogP contribution in [0.25, 0.3) is 5.65 Å². The molecule has 3 heterocycles. The molecule has 0 unspecified atom stereocenters. The Balaban J connectivity index is 1.49. The first kappa shape index (κ1) is 22.3. The smallest absolute Gasteiger partial charge is 0.163 e. The zero-order valence-corrected chi connectivity index (χ0v) is 18.9. The quantitative estimate of drug-likeness (QED) is 0.438. The van der Waals surface area contributed by atoms with Crippen LogP contribution in [0.15, 0.2) is 12.3 Å². The summed E-state index contributed by atoms with van der Waals surface area (Å²) in [4.78, 5) is 4.83. The minimum Gasteiger partial charge on any atom is -0.389 e. The Morgan fingerprint density at radius 3 is 2.81 bits per heavy atom. The van der Waals surface area contributed by atoms with Crippen molar-refractivity contribution < 1.29 is 10.2 Å². The number of rotatable bonds is 8. The summed E-state index contributed by atoms with van der Waals surface area (Å²) < 4.78 is 1.91. The Labute approximate surface area is 184 Å². The molecule has 31 heavy (non-hydrogen) atoms. The van der Waals surface area contributed by atoms with Crippen LogP contribution in [-0.4, -0.2) is 62.7 Å². The highest BCUT2D eigenvalue weighted by molar-refractivity contribution is 5.60. The average molecular weight is 431 g/mol. The predicted octanol–water partition coefficient (Wildman–Crippen LogP) is 2.73. The van der Waals surface area contributed by atoms with Crippen molar-refractivity contribution in [2.75, 3.05) is 36.8 Å². The first-order chi connectivity index (χ1) is 15.0. The van der Waals surface area contributed by atoms with E-state index >= 15 is 0 Å². The maximum absolute atomic E-state index is 10.8. The van der Waals surface area contributed by atoms with Crippen LogP contribution in [0.2, 0.25) is 0 Å². The second-order valence-corrected chi connectivity index (χ2v) is 9.65. The summed E-state index contributed by atoms with van der Waals surface area (Å²) in [5.74, 6) is 2.76. The molecule has 2 fully saturated rings. The van der Waals surface area contributed by atoms with E-state index < -0.39 is 11.7 Å². The minimum atomic E-state index is -1.05. The standard InChI is InChI=1S/C23H38N6O2/c1-16(2)18-14-27-29-21(26-13-17-6-4-3-5-7-17)12-20(28-22(18)29)25-11-9-23(31)8-10-24-15-19(23)30/h12,14,16-17,19,24,26,30-31H,3-11,13,15H2,1-2H3,(H,25,28)/t19-,23-/m1/s1. The molecule has 2 aliphatic rings. The van der Waals surface area contributed by atoms with E-state index in [9.17, 15) is 10.2 Å². The lowest BCUT2D eigenvalue weighted by molar-refractivity contribution is -0.0944. The highest BCUT2D eigenvalue weighted by Gasteiger charge is 2.37. The van der Waals surface area contributed by atoms with Crippen LogP contribution in [0.3, 0.4) is 0 Å². The van der Waals surface area contributed by atoms with Crippen LogP contribution < -0.4 is 16.0 Å². The van der Waals surface area contributed by atoms with Gasteiger partial charge in [-0.15, -0.1) is 0 Å². The van der Waals surface area contributed by atoms with E-state index in [-0.39, 0.29) is 0 Å². The number of hydrogen-bond acceptors (Lipinski definition) is 7. The van der Waals surface area contributed by atoms with Crippen molar-refractivity contribution in [2.45, 2.75) is 76.4 Å². The van der Waals surface area contributed by atoms with Gasteiger partial charge < -0.3 is 26.2 Å². The highest BCUT2D eigenvalue weighted by Crippen LogP contribution is 2.27. The van der Waals surface area contributed by atoms with E-state index in [0.717, 1.165) is 35.9 Å². The largest absolute Gasteiger partial charge is 0.389 e. The molecule has 2 aromatic heterocycles. The minimum absolute atomic E-state index is 0.331. The van der Waals surface area contributed by atoms with Crippen LogP contribution in [-0.2, 0) is 0 Å². The van der Waals surface area contributed by atoms with Gasteiger partial charge in [-0.25, -0.2) is 4.98 Å². The van der Waals surface area contributed by atoms with Gasteiger partial charge in [0.2, 0.25) is 0 Å². The first-order valence-corrected chi connectivity index (χ1v) is 11.9. The Hall–Kier alpha value is -1.90. The maximum Gasteiger partial charge on any atom is 0.163 e. The molecular weight excluding hydrogens is 392 g/mol. The van der Waals surface area contributed by atoms with Gasteiger partial charge in [0.05, 0.1) is 17.9 Å².